The van der Waals surface area contributed by atoms with Crippen LogP contribution in [-0.4, -0.2) is 53.1 Å². The molecule has 5 rings (SSSR count). The summed E-state index contributed by atoms with van der Waals surface area (Å²) in [5.41, 5.74) is 11.8. The van der Waals surface area contributed by atoms with Gasteiger partial charge in [-0.15, -0.1) is 0 Å². The highest BCUT2D eigenvalue weighted by atomic mass is 15.3. The first-order valence-corrected chi connectivity index (χ1v) is 10.7. The molecule has 0 radical (unpaired) electrons. The highest BCUT2D eigenvalue weighted by Crippen LogP contribution is 2.33. The highest BCUT2D eigenvalue weighted by molar-refractivity contribution is 5.90. The van der Waals surface area contributed by atoms with Gasteiger partial charge in [-0.2, -0.15) is 4.98 Å². The van der Waals surface area contributed by atoms with Crippen LogP contribution in [0.4, 0.5) is 5.95 Å². The quantitative estimate of drug-likeness (QED) is 0.555. The molecule has 0 atom stereocenters. The van der Waals surface area contributed by atoms with E-state index in [1.54, 1.807) is 0 Å². The van der Waals surface area contributed by atoms with E-state index in [-0.39, 0.29) is 0 Å². The van der Waals surface area contributed by atoms with Crippen LogP contribution in [0.3, 0.4) is 0 Å². The molecule has 2 N–H and O–H groups in total. The van der Waals surface area contributed by atoms with Crippen LogP contribution in [0.2, 0.25) is 0 Å². The number of nitrogens with two attached hydrogens (primary N) is 1. The van der Waals surface area contributed by atoms with Crippen molar-refractivity contribution in [2.24, 2.45) is 5.73 Å². The van der Waals surface area contributed by atoms with Crippen molar-refractivity contribution in [2.45, 2.75) is 6.54 Å². The third kappa shape index (κ3) is 4.00. The average Bonchev–Trinajstić information content (AvgIpc) is 2.84. The van der Waals surface area contributed by atoms with Gasteiger partial charge in [0.1, 0.15) is 0 Å². The maximum Gasteiger partial charge on any atom is 0.227 e. The first-order valence-electron chi connectivity index (χ1n) is 10.7. The summed E-state index contributed by atoms with van der Waals surface area (Å²) >= 11 is 0. The fourth-order valence-corrected chi connectivity index (χ4v) is 3.97. The zero-order valence-electron chi connectivity index (χ0n) is 17.7. The number of piperazine rings is 1. The van der Waals surface area contributed by atoms with E-state index in [2.05, 4.69) is 64.3 Å². The van der Waals surface area contributed by atoms with E-state index in [0.29, 0.717) is 6.54 Å². The molecule has 2 aromatic heterocycles. The molecule has 0 amide bonds. The first kappa shape index (κ1) is 19.6. The van der Waals surface area contributed by atoms with Crippen molar-refractivity contribution in [2.75, 3.05) is 38.1 Å². The van der Waals surface area contributed by atoms with Crippen molar-refractivity contribution >= 4 is 17.0 Å². The molecule has 4 aromatic rings. The zero-order chi connectivity index (χ0) is 21.2. The van der Waals surface area contributed by atoms with Crippen LogP contribution in [0.1, 0.15) is 5.56 Å². The van der Waals surface area contributed by atoms with Crippen LogP contribution in [0.5, 0.6) is 0 Å². The van der Waals surface area contributed by atoms with E-state index in [9.17, 15) is 0 Å². The van der Waals surface area contributed by atoms with Crippen molar-refractivity contribution in [1.82, 2.24) is 19.9 Å². The second kappa shape index (κ2) is 8.41. The van der Waals surface area contributed by atoms with Gasteiger partial charge in [0.15, 0.2) is 5.65 Å². The summed E-state index contributed by atoms with van der Waals surface area (Å²) in [6, 6.07) is 20.8. The fraction of sp³-hybridized carbons (Fsp3) is 0.240. The number of anilines is 1. The summed E-state index contributed by atoms with van der Waals surface area (Å²) in [7, 11) is 2.15. The van der Waals surface area contributed by atoms with E-state index >= 15 is 0 Å². The molecule has 156 valence electrons. The summed E-state index contributed by atoms with van der Waals surface area (Å²) < 4.78 is 0. The van der Waals surface area contributed by atoms with Gasteiger partial charge in [0.05, 0.1) is 5.69 Å². The number of rotatable bonds is 4. The largest absolute Gasteiger partial charge is 0.338 e. The molecule has 31 heavy (non-hydrogen) atoms. The second-order valence-electron chi connectivity index (χ2n) is 8.02. The minimum absolute atomic E-state index is 0.526. The standard InChI is InChI=1S/C25H26N6/c1-30-11-13-31(14-12-30)25-27-17-21-15-22(19-5-3-2-4-6-19)23(28-24(21)29-25)20-9-7-18(16-26)8-10-20/h2-10,15,17H,11-14,16,26H2,1H3. The average molecular weight is 411 g/mol. The normalized spacial score (nSPS) is 14.8. The van der Waals surface area contributed by atoms with Gasteiger partial charge in [-0.1, -0.05) is 54.6 Å². The Hall–Kier alpha value is -3.35. The summed E-state index contributed by atoms with van der Waals surface area (Å²) in [6.45, 7) is 4.41. The van der Waals surface area contributed by atoms with E-state index in [1.165, 1.54) is 0 Å². The summed E-state index contributed by atoms with van der Waals surface area (Å²) in [6.07, 6.45) is 1.90. The van der Waals surface area contributed by atoms with E-state index < -0.39 is 0 Å². The number of hydrogen-bond acceptors (Lipinski definition) is 6. The zero-order valence-corrected chi connectivity index (χ0v) is 17.7. The predicted molar refractivity (Wildman–Crippen MR) is 126 cm³/mol. The SMILES string of the molecule is CN1CCN(c2ncc3cc(-c4ccccc4)c(-c4ccc(CN)cc4)nc3n2)CC1. The summed E-state index contributed by atoms with van der Waals surface area (Å²) in [5, 5.41) is 0.944. The van der Waals surface area contributed by atoms with Crippen LogP contribution < -0.4 is 10.6 Å². The summed E-state index contributed by atoms with van der Waals surface area (Å²) in [5.74, 6) is 0.755. The third-order valence-corrected chi connectivity index (χ3v) is 5.89. The number of likely N-dealkylation sites (N-methyl/N-ethyl adjacent to an activating group) is 1. The van der Waals surface area contributed by atoms with Gasteiger partial charge in [-0.3, -0.25) is 0 Å². The minimum atomic E-state index is 0.526. The number of benzene rings is 2. The Morgan fingerprint density at radius 3 is 2.32 bits per heavy atom. The van der Waals surface area contributed by atoms with Gasteiger partial charge in [0.2, 0.25) is 5.95 Å². The lowest BCUT2D eigenvalue weighted by atomic mass is 9.98. The van der Waals surface area contributed by atoms with Crippen LogP contribution in [0, 0.1) is 0 Å². The van der Waals surface area contributed by atoms with Crippen molar-refractivity contribution in [3.8, 4) is 22.4 Å². The monoisotopic (exact) mass is 410 g/mol. The molecular formula is C25H26N6. The molecule has 1 aliphatic heterocycles. The van der Waals surface area contributed by atoms with Gasteiger partial charge in [0.25, 0.3) is 0 Å². The van der Waals surface area contributed by atoms with Crippen LogP contribution in [-0.2, 0) is 6.54 Å². The number of aromatic nitrogens is 3. The van der Waals surface area contributed by atoms with Gasteiger partial charge in [0, 0.05) is 55.4 Å². The molecule has 2 aromatic carbocycles. The van der Waals surface area contributed by atoms with E-state index in [4.69, 9.17) is 15.7 Å². The Morgan fingerprint density at radius 2 is 1.61 bits per heavy atom. The fourth-order valence-electron chi connectivity index (χ4n) is 3.97. The number of pyridine rings is 1. The molecule has 1 saturated heterocycles. The second-order valence-corrected chi connectivity index (χ2v) is 8.02. The molecule has 3 heterocycles. The van der Waals surface area contributed by atoms with Crippen molar-refractivity contribution < 1.29 is 0 Å². The van der Waals surface area contributed by atoms with Crippen molar-refractivity contribution in [3.05, 3.63) is 72.4 Å². The molecule has 0 aliphatic carbocycles. The maximum absolute atomic E-state index is 5.79. The first-order chi connectivity index (χ1) is 15.2. The van der Waals surface area contributed by atoms with E-state index in [1.807, 2.05) is 24.4 Å². The van der Waals surface area contributed by atoms with Crippen molar-refractivity contribution in [1.29, 1.82) is 0 Å². The lowest BCUT2D eigenvalue weighted by Crippen LogP contribution is -2.45. The molecular weight excluding hydrogens is 384 g/mol. The molecule has 0 spiro atoms. The molecule has 0 saturated carbocycles. The molecule has 1 aliphatic rings. The van der Waals surface area contributed by atoms with Crippen LogP contribution in [0.15, 0.2) is 66.9 Å². The Labute approximate surface area is 182 Å². The molecule has 1 fully saturated rings. The summed E-state index contributed by atoms with van der Waals surface area (Å²) in [4.78, 5) is 19.1. The molecule has 0 bridgehead atoms. The van der Waals surface area contributed by atoms with Gasteiger partial charge in [-0.25, -0.2) is 9.97 Å². The number of nitrogens with zero attached hydrogens (tertiary/aromatic N) is 5. The van der Waals surface area contributed by atoms with Crippen LogP contribution in [0.25, 0.3) is 33.4 Å². The highest BCUT2D eigenvalue weighted by Gasteiger charge is 2.18. The van der Waals surface area contributed by atoms with Crippen molar-refractivity contribution in [3.63, 3.8) is 0 Å². The Morgan fingerprint density at radius 1 is 0.871 bits per heavy atom. The van der Waals surface area contributed by atoms with Gasteiger partial charge < -0.3 is 15.5 Å². The van der Waals surface area contributed by atoms with Crippen LogP contribution >= 0.6 is 0 Å². The Bertz CT molecular complexity index is 1180. The predicted octanol–water partition coefficient (Wildman–Crippen LogP) is 3.57. The smallest absolute Gasteiger partial charge is 0.227 e. The lowest BCUT2D eigenvalue weighted by Gasteiger charge is -2.32. The van der Waals surface area contributed by atoms with E-state index in [0.717, 1.165) is 71.1 Å². The molecule has 6 heteroatoms. The number of fused-ring (bicyclic) bond motifs is 1. The Balaban J connectivity index is 1.63. The topological polar surface area (TPSA) is 71.2 Å². The number of hydrogen-bond donors (Lipinski definition) is 1. The maximum atomic E-state index is 5.79. The molecule has 0 unspecified atom stereocenters. The van der Waals surface area contributed by atoms with Gasteiger partial charge in [-0.05, 0) is 24.2 Å². The lowest BCUT2D eigenvalue weighted by molar-refractivity contribution is 0.311. The molecule has 6 nitrogen and oxygen atoms in total. The van der Waals surface area contributed by atoms with Gasteiger partial charge >= 0.3 is 0 Å². The Kier molecular flexibility index (Phi) is 5.32. The third-order valence-electron chi connectivity index (χ3n) is 5.89. The minimum Gasteiger partial charge on any atom is -0.338 e.